The van der Waals surface area contributed by atoms with Crippen molar-refractivity contribution in [2.75, 3.05) is 17.1 Å². The van der Waals surface area contributed by atoms with Crippen molar-refractivity contribution in [2.24, 2.45) is 0 Å². The summed E-state index contributed by atoms with van der Waals surface area (Å²) in [6, 6.07) is 5.12. The molecule has 6 heteroatoms. The Kier molecular flexibility index (Phi) is 4.56. The van der Waals surface area contributed by atoms with Crippen LogP contribution in [0.2, 0.25) is 0 Å². The van der Waals surface area contributed by atoms with E-state index in [9.17, 15) is 13.2 Å². The molecule has 1 amide bonds. The minimum atomic E-state index is -3.28. The Labute approximate surface area is 126 Å². The molecule has 1 N–H and O–H groups in total. The summed E-state index contributed by atoms with van der Waals surface area (Å²) in [5, 5.41) is 2.87. The van der Waals surface area contributed by atoms with Crippen LogP contribution in [0, 0.1) is 0 Å². The molecule has 21 heavy (non-hydrogen) atoms. The molecule has 5 nitrogen and oxygen atoms in total. The predicted octanol–water partition coefficient (Wildman–Crippen LogP) is 1.93. The molecule has 0 fully saturated rings. The van der Waals surface area contributed by atoms with E-state index < -0.39 is 10.0 Å². The molecule has 0 radical (unpaired) electrons. The number of fused-ring (bicyclic) bond motifs is 1. The van der Waals surface area contributed by atoms with Gasteiger partial charge in [0.2, 0.25) is 10.0 Å². The van der Waals surface area contributed by atoms with Crippen molar-refractivity contribution in [3.8, 4) is 0 Å². The number of hydrogen-bond donors (Lipinski definition) is 1. The molecule has 1 aromatic carbocycles. The Bertz CT molecular complexity index is 640. The normalized spacial score (nSPS) is 17.7. The van der Waals surface area contributed by atoms with Gasteiger partial charge in [-0.15, -0.1) is 0 Å². The molecule has 2 rings (SSSR count). The van der Waals surface area contributed by atoms with Crippen molar-refractivity contribution in [3.05, 3.63) is 29.3 Å². The number of amides is 1. The zero-order valence-electron chi connectivity index (χ0n) is 12.7. The monoisotopic (exact) mass is 310 g/mol. The molecule has 0 aromatic heterocycles. The number of benzene rings is 1. The van der Waals surface area contributed by atoms with Gasteiger partial charge in [0.15, 0.2) is 0 Å². The lowest BCUT2D eigenvalue weighted by Gasteiger charge is -2.21. The van der Waals surface area contributed by atoms with E-state index in [1.165, 1.54) is 10.6 Å². The molecule has 0 spiro atoms. The predicted molar refractivity (Wildman–Crippen MR) is 84.2 cm³/mol. The zero-order chi connectivity index (χ0) is 15.6. The van der Waals surface area contributed by atoms with Crippen molar-refractivity contribution in [3.63, 3.8) is 0 Å². The van der Waals surface area contributed by atoms with Gasteiger partial charge in [0.25, 0.3) is 5.91 Å². The van der Waals surface area contributed by atoms with Crippen LogP contribution in [0.5, 0.6) is 0 Å². The summed E-state index contributed by atoms with van der Waals surface area (Å²) in [5.74, 6) is -0.100. The number of nitrogens with zero attached hydrogens (tertiary/aromatic N) is 1. The topological polar surface area (TPSA) is 66.5 Å². The van der Waals surface area contributed by atoms with Crippen molar-refractivity contribution in [1.82, 2.24) is 5.32 Å². The third kappa shape index (κ3) is 3.37. The van der Waals surface area contributed by atoms with E-state index >= 15 is 0 Å². The number of rotatable bonds is 5. The second-order valence-corrected chi connectivity index (χ2v) is 7.42. The van der Waals surface area contributed by atoms with Gasteiger partial charge in [0, 0.05) is 18.2 Å². The molecule has 1 aliphatic rings. The summed E-state index contributed by atoms with van der Waals surface area (Å²) in [7, 11) is -3.28. The first kappa shape index (κ1) is 15.8. The lowest BCUT2D eigenvalue weighted by atomic mass is 10.1. The van der Waals surface area contributed by atoms with E-state index in [-0.39, 0.29) is 11.9 Å². The first-order chi connectivity index (χ1) is 9.84. The molecular formula is C15H22N2O3S. The number of nitrogens with one attached hydrogen (secondary N) is 1. The van der Waals surface area contributed by atoms with Crippen LogP contribution in [-0.4, -0.2) is 33.2 Å². The molecular weight excluding hydrogens is 288 g/mol. The van der Waals surface area contributed by atoms with Gasteiger partial charge in [0.05, 0.1) is 11.9 Å². The maximum atomic E-state index is 12.0. The largest absolute Gasteiger partial charge is 0.352 e. The summed E-state index contributed by atoms with van der Waals surface area (Å²) < 4.78 is 25.1. The van der Waals surface area contributed by atoms with Gasteiger partial charge in [-0.05, 0) is 43.5 Å². The van der Waals surface area contributed by atoms with E-state index in [1.807, 2.05) is 6.92 Å². The van der Waals surface area contributed by atoms with Crippen LogP contribution in [0.25, 0.3) is 0 Å². The highest BCUT2D eigenvalue weighted by atomic mass is 32.2. The number of unbranched alkanes of at least 4 members (excludes halogenated alkanes) is 1. The van der Waals surface area contributed by atoms with E-state index in [4.69, 9.17) is 0 Å². The van der Waals surface area contributed by atoms with Crippen LogP contribution in [0.1, 0.15) is 42.6 Å². The molecule has 0 aliphatic carbocycles. The second-order valence-electron chi connectivity index (χ2n) is 5.56. The summed E-state index contributed by atoms with van der Waals surface area (Å²) in [6.45, 7) is 4.61. The summed E-state index contributed by atoms with van der Waals surface area (Å²) in [4.78, 5) is 12.0. The molecule has 0 bridgehead atoms. The van der Waals surface area contributed by atoms with E-state index in [2.05, 4.69) is 12.2 Å². The molecule has 116 valence electrons. The molecule has 1 atom stereocenters. The van der Waals surface area contributed by atoms with E-state index in [0.717, 1.165) is 18.4 Å². The van der Waals surface area contributed by atoms with Crippen LogP contribution in [0.4, 0.5) is 5.69 Å². The van der Waals surface area contributed by atoms with Gasteiger partial charge in [-0.2, -0.15) is 0 Å². The maximum Gasteiger partial charge on any atom is 0.251 e. The Morgan fingerprint density at radius 1 is 1.43 bits per heavy atom. The number of sulfonamides is 1. The van der Waals surface area contributed by atoms with Crippen LogP contribution in [-0.2, 0) is 16.4 Å². The molecule has 1 heterocycles. The Hall–Kier alpha value is -1.56. The average molecular weight is 310 g/mol. The van der Waals surface area contributed by atoms with Crippen LogP contribution in [0.3, 0.4) is 0 Å². The van der Waals surface area contributed by atoms with Crippen molar-refractivity contribution >= 4 is 21.6 Å². The van der Waals surface area contributed by atoms with Crippen molar-refractivity contribution < 1.29 is 13.2 Å². The van der Waals surface area contributed by atoms with Gasteiger partial charge in [-0.3, -0.25) is 9.10 Å². The summed E-state index contributed by atoms with van der Waals surface area (Å²) in [6.07, 6.45) is 3.84. The minimum Gasteiger partial charge on any atom is -0.352 e. The van der Waals surface area contributed by atoms with Gasteiger partial charge in [-0.25, -0.2) is 8.42 Å². The van der Waals surface area contributed by atoms with Crippen LogP contribution in [0.15, 0.2) is 18.2 Å². The van der Waals surface area contributed by atoms with Crippen molar-refractivity contribution in [2.45, 2.75) is 39.2 Å². The molecule has 0 saturated heterocycles. The number of carbonyl (C=O) groups is 1. The Morgan fingerprint density at radius 2 is 2.14 bits per heavy atom. The van der Waals surface area contributed by atoms with Crippen molar-refractivity contribution in [1.29, 1.82) is 0 Å². The first-order valence-corrected chi connectivity index (χ1v) is 9.10. The molecule has 0 unspecified atom stereocenters. The highest BCUT2D eigenvalue weighted by Gasteiger charge is 2.32. The second kappa shape index (κ2) is 6.05. The summed E-state index contributed by atoms with van der Waals surface area (Å²) >= 11 is 0. The zero-order valence-corrected chi connectivity index (χ0v) is 13.5. The number of anilines is 1. The third-order valence-electron chi connectivity index (χ3n) is 3.67. The quantitative estimate of drug-likeness (QED) is 0.845. The fourth-order valence-electron chi connectivity index (χ4n) is 2.73. The molecule has 1 aliphatic heterocycles. The van der Waals surface area contributed by atoms with E-state index in [0.29, 0.717) is 24.2 Å². The number of carbonyl (C=O) groups excluding carboxylic acids is 1. The number of hydrogen-bond acceptors (Lipinski definition) is 3. The Balaban J connectivity index is 2.22. The van der Waals surface area contributed by atoms with Gasteiger partial charge in [-0.1, -0.05) is 13.3 Å². The van der Waals surface area contributed by atoms with Gasteiger partial charge in [0.1, 0.15) is 0 Å². The van der Waals surface area contributed by atoms with Crippen LogP contribution >= 0.6 is 0 Å². The lowest BCUT2D eigenvalue weighted by molar-refractivity contribution is 0.0953. The van der Waals surface area contributed by atoms with Crippen LogP contribution < -0.4 is 9.62 Å². The fourth-order valence-corrected chi connectivity index (χ4v) is 3.99. The first-order valence-electron chi connectivity index (χ1n) is 7.25. The standard InChI is InChI=1S/C15H22N2O3S/c1-4-5-8-16-15(18)12-6-7-14-13(10-12)9-11(2)17(14)21(3,19)20/h6-7,10-11H,4-5,8-9H2,1-3H3,(H,16,18)/t11-/m0/s1. The maximum absolute atomic E-state index is 12.0. The average Bonchev–Trinajstić information content (AvgIpc) is 2.73. The SMILES string of the molecule is CCCCNC(=O)c1ccc2c(c1)C[C@H](C)N2S(C)(=O)=O. The Morgan fingerprint density at radius 3 is 2.76 bits per heavy atom. The fraction of sp³-hybridized carbons (Fsp3) is 0.533. The molecule has 0 saturated carbocycles. The molecule has 1 aromatic rings. The third-order valence-corrected chi connectivity index (χ3v) is 4.94. The minimum absolute atomic E-state index is 0.100. The van der Waals surface area contributed by atoms with Gasteiger partial charge >= 0.3 is 0 Å². The summed E-state index contributed by atoms with van der Waals surface area (Å²) in [5.41, 5.74) is 2.19. The highest BCUT2D eigenvalue weighted by molar-refractivity contribution is 7.92. The van der Waals surface area contributed by atoms with E-state index in [1.54, 1.807) is 18.2 Å². The van der Waals surface area contributed by atoms with Gasteiger partial charge < -0.3 is 5.32 Å². The highest BCUT2D eigenvalue weighted by Crippen LogP contribution is 2.34. The lowest BCUT2D eigenvalue weighted by Crippen LogP contribution is -2.34. The smallest absolute Gasteiger partial charge is 0.251 e.